The van der Waals surface area contributed by atoms with Crippen molar-refractivity contribution in [1.82, 2.24) is 5.32 Å². The molecule has 0 aromatic carbocycles. The number of aliphatic hydroxyl groups excluding tert-OH is 1. The molecular weight excluding hydrogens is 546 g/mol. The molecule has 0 heterocycles. The zero-order valence-electron chi connectivity index (χ0n) is 26.3. The van der Waals surface area contributed by atoms with Gasteiger partial charge in [0.2, 0.25) is 5.91 Å². The standard InChI is InChI=1S/C35H59NO5S/c1-3-5-7-9-11-13-15-16-17-18-19-20-21-23-25-27-29-31-35(38)36-33(32-42(39,40)41)34(37)30-28-26-24-22-14-12-10-8-6-4-2/h5-8,11,13-14,16-17,22,28,30,33-34,37H,3-4,9-10,12,15,18-21,23-27,29,31-32H2,1-2H3,(H,36,38)(H,39,40,41)/b7-5-,8-6+,13-11-,17-16-,22-14+,30-28+. The van der Waals surface area contributed by atoms with Gasteiger partial charge in [0.15, 0.2) is 0 Å². The fourth-order valence-corrected chi connectivity index (χ4v) is 5.00. The molecule has 42 heavy (non-hydrogen) atoms. The lowest BCUT2D eigenvalue weighted by Crippen LogP contribution is -2.46. The molecule has 0 aromatic rings. The second-order valence-corrected chi connectivity index (χ2v) is 12.2. The Hall–Kier alpha value is -2.22. The second kappa shape index (κ2) is 28.9. The maximum absolute atomic E-state index is 12.4. The van der Waals surface area contributed by atoms with Gasteiger partial charge < -0.3 is 10.4 Å². The van der Waals surface area contributed by atoms with Crippen molar-refractivity contribution in [1.29, 1.82) is 0 Å². The summed E-state index contributed by atoms with van der Waals surface area (Å²) in [4.78, 5) is 12.4. The lowest BCUT2D eigenvalue weighted by Gasteiger charge is -2.21. The maximum Gasteiger partial charge on any atom is 0.267 e. The van der Waals surface area contributed by atoms with E-state index in [0.29, 0.717) is 12.8 Å². The average molecular weight is 606 g/mol. The monoisotopic (exact) mass is 605 g/mol. The third-order valence-electron chi connectivity index (χ3n) is 6.61. The molecule has 0 saturated carbocycles. The molecule has 0 aliphatic heterocycles. The highest BCUT2D eigenvalue weighted by Gasteiger charge is 2.24. The number of aliphatic hydroxyl groups is 1. The molecule has 6 nitrogen and oxygen atoms in total. The molecule has 240 valence electrons. The first-order chi connectivity index (χ1) is 20.3. The smallest absolute Gasteiger partial charge is 0.267 e. The SMILES string of the molecule is CC/C=C\C/C=C\C/C=C\CCCCCCCCCC(=O)NC(CS(=O)(=O)O)C(O)/C=C/CC/C=C/CC/C=C/CC. The molecule has 7 heteroatoms. The molecule has 0 bridgehead atoms. The highest BCUT2D eigenvalue weighted by Crippen LogP contribution is 2.11. The lowest BCUT2D eigenvalue weighted by molar-refractivity contribution is -0.122. The number of hydrogen-bond donors (Lipinski definition) is 3. The third kappa shape index (κ3) is 29.3. The molecule has 0 spiro atoms. The van der Waals surface area contributed by atoms with E-state index in [0.717, 1.165) is 70.6 Å². The molecule has 2 atom stereocenters. The zero-order valence-corrected chi connectivity index (χ0v) is 27.2. The van der Waals surface area contributed by atoms with Gasteiger partial charge in [0.1, 0.15) is 0 Å². The molecule has 0 radical (unpaired) electrons. The van der Waals surface area contributed by atoms with Crippen LogP contribution in [0.15, 0.2) is 72.9 Å². The summed E-state index contributed by atoms with van der Waals surface area (Å²) >= 11 is 0. The third-order valence-corrected chi connectivity index (χ3v) is 7.39. The Balaban J connectivity index is 4.09. The number of hydrogen-bond acceptors (Lipinski definition) is 4. The van der Waals surface area contributed by atoms with Crippen molar-refractivity contribution in [2.45, 2.75) is 135 Å². The van der Waals surface area contributed by atoms with Gasteiger partial charge in [-0.1, -0.05) is 119 Å². The Morgan fingerprint density at radius 3 is 1.69 bits per heavy atom. The fraction of sp³-hybridized carbons (Fsp3) is 0.629. The van der Waals surface area contributed by atoms with Crippen molar-refractivity contribution in [3.05, 3.63) is 72.9 Å². The average Bonchev–Trinajstić information content (AvgIpc) is 2.94. The van der Waals surface area contributed by atoms with E-state index < -0.39 is 28.0 Å². The van der Waals surface area contributed by atoms with Crippen molar-refractivity contribution < 1.29 is 22.9 Å². The van der Waals surface area contributed by atoms with Crippen LogP contribution in [-0.2, 0) is 14.9 Å². The van der Waals surface area contributed by atoms with Gasteiger partial charge in [-0.05, 0) is 70.6 Å². The summed E-state index contributed by atoms with van der Waals surface area (Å²) in [6.45, 7) is 4.25. The summed E-state index contributed by atoms with van der Waals surface area (Å²) in [5.74, 6) is -1.03. The van der Waals surface area contributed by atoms with E-state index in [1.807, 2.05) is 0 Å². The number of allylic oxidation sites excluding steroid dienone is 11. The zero-order chi connectivity index (χ0) is 31.2. The highest BCUT2D eigenvalue weighted by molar-refractivity contribution is 7.85. The van der Waals surface area contributed by atoms with Gasteiger partial charge in [0.25, 0.3) is 10.1 Å². The maximum atomic E-state index is 12.4. The van der Waals surface area contributed by atoms with Crippen LogP contribution in [0.2, 0.25) is 0 Å². The van der Waals surface area contributed by atoms with Crippen LogP contribution < -0.4 is 5.32 Å². The predicted molar refractivity (Wildman–Crippen MR) is 179 cm³/mol. The van der Waals surface area contributed by atoms with Gasteiger partial charge in [0.05, 0.1) is 17.9 Å². The van der Waals surface area contributed by atoms with Gasteiger partial charge in [-0.15, -0.1) is 0 Å². The minimum absolute atomic E-state index is 0.269. The van der Waals surface area contributed by atoms with Gasteiger partial charge in [-0.2, -0.15) is 8.42 Å². The minimum Gasteiger partial charge on any atom is -0.387 e. The van der Waals surface area contributed by atoms with Crippen LogP contribution >= 0.6 is 0 Å². The quantitative estimate of drug-likeness (QED) is 0.0493. The number of unbranched alkanes of at least 4 members (excludes halogenated alkanes) is 9. The number of carbonyl (C=O) groups excluding carboxylic acids is 1. The van der Waals surface area contributed by atoms with Crippen molar-refractivity contribution in [2.24, 2.45) is 0 Å². The molecule has 1 amide bonds. The molecule has 0 aliphatic carbocycles. The summed E-state index contributed by atoms with van der Waals surface area (Å²) in [5.41, 5.74) is 0. The summed E-state index contributed by atoms with van der Waals surface area (Å²) in [6, 6.07) is -1.09. The Labute approximate surface area is 257 Å². The van der Waals surface area contributed by atoms with Crippen molar-refractivity contribution in [3.63, 3.8) is 0 Å². The number of nitrogens with one attached hydrogen (secondary N) is 1. The Bertz CT molecular complexity index is 931. The van der Waals surface area contributed by atoms with Crippen LogP contribution in [0.25, 0.3) is 0 Å². The Kier molecular flexibility index (Phi) is 27.4. The van der Waals surface area contributed by atoms with E-state index in [9.17, 15) is 22.9 Å². The second-order valence-electron chi connectivity index (χ2n) is 10.7. The Morgan fingerprint density at radius 1 is 0.643 bits per heavy atom. The molecule has 0 fully saturated rings. The summed E-state index contributed by atoms with van der Waals surface area (Å²) in [5, 5.41) is 13.1. The van der Waals surface area contributed by atoms with Gasteiger partial charge in [-0.3, -0.25) is 9.35 Å². The van der Waals surface area contributed by atoms with Crippen LogP contribution in [0.4, 0.5) is 0 Å². The van der Waals surface area contributed by atoms with Crippen LogP contribution in [0.3, 0.4) is 0 Å². The van der Waals surface area contributed by atoms with Crippen LogP contribution in [0.1, 0.15) is 123 Å². The number of rotatable bonds is 27. The van der Waals surface area contributed by atoms with E-state index >= 15 is 0 Å². The normalized spacial score (nSPS) is 14.5. The lowest BCUT2D eigenvalue weighted by atomic mass is 10.1. The fourth-order valence-electron chi connectivity index (χ4n) is 4.26. The van der Waals surface area contributed by atoms with E-state index in [-0.39, 0.29) is 12.3 Å². The summed E-state index contributed by atoms with van der Waals surface area (Å²) in [7, 11) is -4.35. The molecule has 0 saturated heterocycles. The molecule has 0 aromatic heterocycles. The van der Waals surface area contributed by atoms with Crippen molar-refractivity contribution in [3.8, 4) is 0 Å². The van der Waals surface area contributed by atoms with Crippen molar-refractivity contribution in [2.75, 3.05) is 5.75 Å². The number of carbonyl (C=O) groups is 1. The first kappa shape index (κ1) is 39.8. The molecule has 2 unspecified atom stereocenters. The van der Waals surface area contributed by atoms with Crippen molar-refractivity contribution >= 4 is 16.0 Å². The first-order valence-corrected chi connectivity index (χ1v) is 17.7. The molecule has 3 N–H and O–H groups in total. The predicted octanol–water partition coefficient (Wildman–Crippen LogP) is 8.73. The van der Waals surface area contributed by atoms with Gasteiger partial charge in [-0.25, -0.2) is 0 Å². The first-order valence-electron chi connectivity index (χ1n) is 16.1. The molecular formula is C35H59NO5S. The van der Waals surface area contributed by atoms with Crippen LogP contribution in [0.5, 0.6) is 0 Å². The Morgan fingerprint density at radius 2 is 1.10 bits per heavy atom. The van der Waals surface area contributed by atoms with E-state index in [1.165, 1.54) is 25.3 Å². The van der Waals surface area contributed by atoms with Gasteiger partial charge in [0, 0.05) is 6.42 Å². The summed E-state index contributed by atoms with van der Waals surface area (Å²) < 4.78 is 32.2. The van der Waals surface area contributed by atoms with Crippen LogP contribution in [-0.4, -0.2) is 41.9 Å². The van der Waals surface area contributed by atoms with E-state index in [2.05, 4.69) is 79.9 Å². The minimum atomic E-state index is -4.35. The highest BCUT2D eigenvalue weighted by atomic mass is 32.2. The van der Waals surface area contributed by atoms with Crippen LogP contribution in [0, 0.1) is 0 Å². The van der Waals surface area contributed by atoms with E-state index in [4.69, 9.17) is 0 Å². The van der Waals surface area contributed by atoms with Gasteiger partial charge >= 0.3 is 0 Å². The largest absolute Gasteiger partial charge is 0.387 e. The topological polar surface area (TPSA) is 104 Å². The van der Waals surface area contributed by atoms with E-state index in [1.54, 1.807) is 6.08 Å². The molecule has 0 aliphatic rings. The number of amides is 1. The molecule has 0 rings (SSSR count). The summed E-state index contributed by atoms with van der Waals surface area (Å²) in [6.07, 6.45) is 40.3.